The van der Waals surface area contributed by atoms with E-state index in [-0.39, 0.29) is 11.9 Å². The lowest BCUT2D eigenvalue weighted by Crippen LogP contribution is -2.48. The Kier molecular flexibility index (Phi) is 3.51. The van der Waals surface area contributed by atoms with Crippen LogP contribution >= 0.6 is 0 Å². The second-order valence-corrected chi connectivity index (χ2v) is 5.61. The molecule has 2 aromatic rings. The van der Waals surface area contributed by atoms with Crippen LogP contribution in [0.5, 0.6) is 0 Å². The molecule has 1 aliphatic rings. The fourth-order valence-corrected chi connectivity index (χ4v) is 2.76. The molecule has 1 fully saturated rings. The molecule has 2 heterocycles. The number of benzene rings is 1. The van der Waals surface area contributed by atoms with Crippen molar-refractivity contribution in [3.8, 4) is 0 Å². The Hall–Kier alpha value is -2.14. The average Bonchev–Trinajstić information content (AvgIpc) is 2.46. The molecule has 1 unspecified atom stereocenters. The van der Waals surface area contributed by atoms with Gasteiger partial charge in [0.2, 0.25) is 5.91 Å². The fraction of sp³-hybridized carbons (Fsp3) is 0.375. The Morgan fingerprint density at radius 3 is 2.95 bits per heavy atom. The van der Waals surface area contributed by atoms with E-state index < -0.39 is 0 Å². The molecule has 5 heteroatoms. The van der Waals surface area contributed by atoms with Gasteiger partial charge in [0.1, 0.15) is 5.82 Å². The van der Waals surface area contributed by atoms with Crippen LogP contribution in [0.4, 0.5) is 5.82 Å². The zero-order valence-corrected chi connectivity index (χ0v) is 12.4. The number of rotatable bonds is 2. The van der Waals surface area contributed by atoms with Crippen molar-refractivity contribution in [3.63, 3.8) is 0 Å². The number of piperazine rings is 1. The quantitative estimate of drug-likeness (QED) is 0.876. The van der Waals surface area contributed by atoms with Crippen molar-refractivity contribution in [1.82, 2.24) is 10.3 Å². The number of amides is 1. The normalized spacial score (nSPS) is 16.9. The molecule has 3 rings (SSSR count). The van der Waals surface area contributed by atoms with Gasteiger partial charge in [0.15, 0.2) is 0 Å². The number of aromatic nitrogens is 1. The standard InChI is InChI=1S/C16H20N4O/c1-10-4-3-5-12-8-13(11(2)17)16(19-15(10)12)20-7-6-18-14(21)9-20/h3-5,8,11H,6-7,9,17H2,1-2H3,(H,18,21). The van der Waals surface area contributed by atoms with Crippen molar-refractivity contribution in [2.45, 2.75) is 19.9 Å². The Morgan fingerprint density at radius 2 is 2.24 bits per heavy atom. The number of para-hydroxylation sites is 1. The summed E-state index contributed by atoms with van der Waals surface area (Å²) in [6, 6.07) is 8.10. The van der Waals surface area contributed by atoms with Crippen molar-refractivity contribution >= 4 is 22.6 Å². The predicted octanol–water partition coefficient (Wildman–Crippen LogP) is 1.50. The van der Waals surface area contributed by atoms with Crippen molar-refractivity contribution in [2.75, 3.05) is 24.5 Å². The van der Waals surface area contributed by atoms with E-state index in [9.17, 15) is 4.79 Å². The van der Waals surface area contributed by atoms with Crippen LogP contribution in [-0.2, 0) is 4.79 Å². The van der Waals surface area contributed by atoms with Gasteiger partial charge in [0.05, 0.1) is 12.1 Å². The van der Waals surface area contributed by atoms with Gasteiger partial charge in [-0.25, -0.2) is 4.98 Å². The molecule has 1 aromatic heterocycles. The minimum absolute atomic E-state index is 0.0311. The first-order valence-electron chi connectivity index (χ1n) is 7.24. The lowest BCUT2D eigenvalue weighted by atomic mass is 10.0. The Balaban J connectivity index is 2.16. The van der Waals surface area contributed by atoms with Crippen LogP contribution in [0.2, 0.25) is 0 Å². The van der Waals surface area contributed by atoms with Gasteiger partial charge in [-0.05, 0) is 25.5 Å². The number of hydrogen-bond donors (Lipinski definition) is 2. The molecule has 0 saturated carbocycles. The second kappa shape index (κ2) is 5.33. The lowest BCUT2D eigenvalue weighted by Gasteiger charge is -2.30. The number of fused-ring (bicyclic) bond motifs is 1. The van der Waals surface area contributed by atoms with Gasteiger partial charge in [-0.2, -0.15) is 0 Å². The number of carbonyl (C=O) groups excluding carboxylic acids is 1. The summed E-state index contributed by atoms with van der Waals surface area (Å²) in [6.07, 6.45) is 0. The number of hydrogen-bond acceptors (Lipinski definition) is 4. The molecule has 110 valence electrons. The van der Waals surface area contributed by atoms with Crippen molar-refractivity contribution in [1.29, 1.82) is 0 Å². The molecule has 1 saturated heterocycles. The van der Waals surface area contributed by atoms with E-state index >= 15 is 0 Å². The molecular formula is C16H20N4O. The molecule has 0 bridgehead atoms. The summed E-state index contributed by atoms with van der Waals surface area (Å²) in [7, 11) is 0. The Labute approximate surface area is 124 Å². The number of anilines is 1. The number of nitrogens with one attached hydrogen (secondary N) is 1. The SMILES string of the molecule is Cc1cccc2cc(C(C)N)c(N3CCNC(=O)C3)nc12. The molecule has 5 nitrogen and oxygen atoms in total. The van der Waals surface area contributed by atoms with Gasteiger partial charge in [-0.1, -0.05) is 18.2 Å². The van der Waals surface area contributed by atoms with Crippen molar-refractivity contribution < 1.29 is 4.79 Å². The smallest absolute Gasteiger partial charge is 0.239 e. The summed E-state index contributed by atoms with van der Waals surface area (Å²) < 4.78 is 0. The van der Waals surface area contributed by atoms with Crippen LogP contribution in [0.1, 0.15) is 24.1 Å². The van der Waals surface area contributed by atoms with Gasteiger partial charge >= 0.3 is 0 Å². The molecule has 1 atom stereocenters. The zero-order chi connectivity index (χ0) is 15.0. The zero-order valence-electron chi connectivity index (χ0n) is 12.4. The second-order valence-electron chi connectivity index (χ2n) is 5.61. The highest BCUT2D eigenvalue weighted by atomic mass is 16.2. The maximum atomic E-state index is 11.6. The van der Waals surface area contributed by atoms with E-state index in [1.165, 1.54) is 0 Å². The molecular weight excluding hydrogens is 264 g/mol. The van der Waals surface area contributed by atoms with Gasteiger partial charge in [0, 0.05) is 30.1 Å². The number of aryl methyl sites for hydroxylation is 1. The van der Waals surface area contributed by atoms with Gasteiger partial charge in [-0.3, -0.25) is 4.79 Å². The van der Waals surface area contributed by atoms with E-state index in [1.54, 1.807) is 0 Å². The van der Waals surface area contributed by atoms with Crippen LogP contribution in [-0.4, -0.2) is 30.5 Å². The summed E-state index contributed by atoms with van der Waals surface area (Å²) in [4.78, 5) is 18.5. The van der Waals surface area contributed by atoms with Gasteiger partial charge < -0.3 is 16.0 Å². The summed E-state index contributed by atoms with van der Waals surface area (Å²) in [5, 5.41) is 3.93. The summed E-state index contributed by atoms with van der Waals surface area (Å²) in [5.74, 6) is 0.866. The van der Waals surface area contributed by atoms with E-state index in [0.717, 1.165) is 34.4 Å². The van der Waals surface area contributed by atoms with Gasteiger partial charge in [-0.15, -0.1) is 0 Å². The average molecular weight is 284 g/mol. The maximum Gasteiger partial charge on any atom is 0.239 e. The van der Waals surface area contributed by atoms with E-state index in [2.05, 4.69) is 11.4 Å². The largest absolute Gasteiger partial charge is 0.353 e. The molecule has 0 aliphatic carbocycles. The van der Waals surface area contributed by atoms with E-state index in [1.807, 2.05) is 36.9 Å². The number of carbonyl (C=O) groups is 1. The molecule has 1 aromatic carbocycles. The fourth-order valence-electron chi connectivity index (χ4n) is 2.76. The van der Waals surface area contributed by atoms with Crippen LogP contribution < -0.4 is 16.0 Å². The van der Waals surface area contributed by atoms with Crippen LogP contribution in [0.25, 0.3) is 10.9 Å². The first-order valence-corrected chi connectivity index (χ1v) is 7.24. The van der Waals surface area contributed by atoms with E-state index in [0.29, 0.717) is 13.1 Å². The minimum Gasteiger partial charge on any atom is -0.353 e. The first kappa shape index (κ1) is 13.8. The summed E-state index contributed by atoms with van der Waals surface area (Å²) in [6.45, 7) is 5.74. The molecule has 0 radical (unpaired) electrons. The Morgan fingerprint density at radius 1 is 1.43 bits per heavy atom. The highest BCUT2D eigenvalue weighted by Crippen LogP contribution is 2.29. The first-order chi connectivity index (χ1) is 10.1. The monoisotopic (exact) mass is 284 g/mol. The highest BCUT2D eigenvalue weighted by Gasteiger charge is 2.22. The number of nitrogens with two attached hydrogens (primary N) is 1. The lowest BCUT2D eigenvalue weighted by molar-refractivity contribution is -0.120. The molecule has 3 N–H and O–H groups in total. The molecule has 21 heavy (non-hydrogen) atoms. The number of nitrogens with zero attached hydrogens (tertiary/aromatic N) is 2. The van der Waals surface area contributed by atoms with E-state index in [4.69, 9.17) is 10.7 Å². The molecule has 0 spiro atoms. The molecule has 1 amide bonds. The number of pyridine rings is 1. The Bertz CT molecular complexity index is 696. The highest BCUT2D eigenvalue weighted by molar-refractivity contribution is 5.87. The van der Waals surface area contributed by atoms with Crippen LogP contribution in [0, 0.1) is 6.92 Å². The topological polar surface area (TPSA) is 71.2 Å². The van der Waals surface area contributed by atoms with Crippen molar-refractivity contribution in [3.05, 3.63) is 35.4 Å². The van der Waals surface area contributed by atoms with Gasteiger partial charge in [0.25, 0.3) is 0 Å². The third-order valence-corrected chi connectivity index (χ3v) is 3.88. The predicted molar refractivity (Wildman–Crippen MR) is 84.3 cm³/mol. The minimum atomic E-state index is -0.123. The molecule has 1 aliphatic heterocycles. The van der Waals surface area contributed by atoms with Crippen LogP contribution in [0.3, 0.4) is 0 Å². The third-order valence-electron chi connectivity index (χ3n) is 3.88. The van der Waals surface area contributed by atoms with Crippen LogP contribution in [0.15, 0.2) is 24.3 Å². The summed E-state index contributed by atoms with van der Waals surface area (Å²) in [5.41, 5.74) is 9.21. The third kappa shape index (κ3) is 2.56. The summed E-state index contributed by atoms with van der Waals surface area (Å²) >= 11 is 0. The maximum absolute atomic E-state index is 11.6. The van der Waals surface area contributed by atoms with Crippen molar-refractivity contribution in [2.24, 2.45) is 5.73 Å².